The van der Waals surface area contributed by atoms with E-state index in [4.69, 9.17) is 14.0 Å². The molecule has 2 aliphatic rings. The summed E-state index contributed by atoms with van der Waals surface area (Å²) in [4.78, 5) is 12.2. The number of rotatable bonds is 7. The van der Waals surface area contributed by atoms with Gasteiger partial charge in [0.25, 0.3) is 10.1 Å². The molecule has 11 heteroatoms. The third kappa shape index (κ3) is 7.33. The minimum Gasteiger partial charge on any atom is -0.471 e. The van der Waals surface area contributed by atoms with Crippen molar-refractivity contribution in [2.75, 3.05) is 12.4 Å². The Balaban J connectivity index is 1.85. The van der Waals surface area contributed by atoms with E-state index in [2.05, 4.69) is 16.6 Å². The van der Waals surface area contributed by atoms with Crippen LogP contribution in [0, 0.1) is 17.8 Å². The van der Waals surface area contributed by atoms with Crippen LogP contribution in [0.1, 0.15) is 48.9 Å². The Kier molecular flexibility index (Phi) is 6.71. The summed E-state index contributed by atoms with van der Waals surface area (Å²) in [5.41, 5.74) is -1.14. The Morgan fingerprint density at radius 2 is 1.87 bits per heavy atom. The van der Waals surface area contributed by atoms with Gasteiger partial charge in [0.15, 0.2) is 17.1 Å². The first-order chi connectivity index (χ1) is 14.4. The Morgan fingerprint density at radius 1 is 1.19 bits per heavy atom. The van der Waals surface area contributed by atoms with Gasteiger partial charge in [-0.1, -0.05) is 11.8 Å². The van der Waals surface area contributed by atoms with Gasteiger partial charge < -0.3 is 14.2 Å². The minimum absolute atomic E-state index is 0.164. The SMILES string of the molecule is O=C(OCCS(=O)(=O)O)c1ccc(OC(F)(F)F)c(OC2(C#CC3CC3)CCCC2)c1. The quantitative estimate of drug-likeness (QED) is 0.374. The number of benzene rings is 1. The third-order valence-corrected chi connectivity index (χ3v) is 5.46. The van der Waals surface area contributed by atoms with Crippen molar-refractivity contribution in [3.8, 4) is 23.3 Å². The second-order valence-electron chi connectivity index (χ2n) is 7.48. The lowest BCUT2D eigenvalue weighted by Gasteiger charge is -2.26. The summed E-state index contributed by atoms with van der Waals surface area (Å²) in [6.45, 7) is -0.620. The summed E-state index contributed by atoms with van der Waals surface area (Å²) in [5.74, 6) is 3.71. The second kappa shape index (κ2) is 8.96. The number of hydrogen-bond donors (Lipinski definition) is 1. The largest absolute Gasteiger partial charge is 0.573 e. The predicted molar refractivity (Wildman–Crippen MR) is 102 cm³/mol. The third-order valence-electron chi connectivity index (χ3n) is 4.78. The van der Waals surface area contributed by atoms with Crippen LogP contribution in [0.3, 0.4) is 0 Å². The Labute approximate surface area is 177 Å². The van der Waals surface area contributed by atoms with Gasteiger partial charge in [0.05, 0.1) is 5.56 Å². The molecule has 7 nitrogen and oxygen atoms in total. The van der Waals surface area contributed by atoms with E-state index in [1.54, 1.807) is 0 Å². The van der Waals surface area contributed by atoms with Crippen LogP contribution in [0.25, 0.3) is 0 Å². The van der Waals surface area contributed by atoms with Crippen LogP contribution in [0.2, 0.25) is 0 Å². The standard InChI is InChI=1S/C20H21F3O7S/c21-20(22,23)30-16-6-5-15(18(24)28-11-12-31(25,26)27)13-17(16)29-19(8-1-2-9-19)10-7-14-3-4-14/h5-6,13-14H,1-4,8-9,11-12H2,(H,25,26,27). The molecule has 0 unspecified atom stereocenters. The fourth-order valence-corrected chi connectivity index (χ4v) is 3.41. The lowest BCUT2D eigenvalue weighted by molar-refractivity contribution is -0.275. The van der Waals surface area contributed by atoms with Crippen LogP contribution in [-0.2, 0) is 14.9 Å². The zero-order valence-electron chi connectivity index (χ0n) is 16.4. The number of esters is 1. The molecular formula is C20H21F3O7S. The fraction of sp³-hybridized carbons (Fsp3) is 0.550. The normalized spacial score (nSPS) is 18.1. The van der Waals surface area contributed by atoms with Gasteiger partial charge in [-0.15, -0.1) is 13.2 Å². The highest BCUT2D eigenvalue weighted by Crippen LogP contribution is 2.40. The highest BCUT2D eigenvalue weighted by atomic mass is 32.2. The molecule has 1 N–H and O–H groups in total. The van der Waals surface area contributed by atoms with Crippen molar-refractivity contribution < 1.29 is 45.1 Å². The van der Waals surface area contributed by atoms with Gasteiger partial charge in [-0.3, -0.25) is 4.55 Å². The van der Waals surface area contributed by atoms with Crippen molar-refractivity contribution in [3.63, 3.8) is 0 Å². The molecule has 1 aromatic rings. The summed E-state index contributed by atoms with van der Waals surface area (Å²) >= 11 is 0. The molecule has 2 saturated carbocycles. The number of carbonyl (C=O) groups excluding carboxylic acids is 1. The second-order valence-corrected chi connectivity index (χ2v) is 9.05. The van der Waals surface area contributed by atoms with Crippen molar-refractivity contribution in [2.24, 2.45) is 5.92 Å². The summed E-state index contributed by atoms with van der Waals surface area (Å²) in [6, 6.07) is 3.02. The van der Waals surface area contributed by atoms with E-state index in [-0.39, 0.29) is 17.2 Å². The van der Waals surface area contributed by atoms with Gasteiger partial charge in [0.1, 0.15) is 12.4 Å². The summed E-state index contributed by atoms with van der Waals surface area (Å²) < 4.78 is 83.4. The molecule has 2 fully saturated rings. The van der Waals surface area contributed by atoms with Crippen LogP contribution < -0.4 is 9.47 Å². The van der Waals surface area contributed by atoms with Gasteiger partial charge in [-0.05, 0) is 56.7 Å². The fourth-order valence-electron chi connectivity index (χ4n) is 3.12. The van der Waals surface area contributed by atoms with E-state index in [0.717, 1.165) is 43.9 Å². The monoisotopic (exact) mass is 462 g/mol. The highest BCUT2D eigenvalue weighted by molar-refractivity contribution is 7.85. The zero-order valence-corrected chi connectivity index (χ0v) is 17.2. The Bertz CT molecular complexity index is 982. The van der Waals surface area contributed by atoms with Crippen LogP contribution in [0.4, 0.5) is 13.2 Å². The predicted octanol–water partition coefficient (Wildman–Crippen LogP) is 3.73. The van der Waals surface area contributed by atoms with Crippen LogP contribution >= 0.6 is 0 Å². The average Bonchev–Trinajstić information content (AvgIpc) is 3.37. The molecule has 0 spiro atoms. The lowest BCUT2D eigenvalue weighted by atomic mass is 10.0. The summed E-state index contributed by atoms with van der Waals surface area (Å²) in [5, 5.41) is 0. The van der Waals surface area contributed by atoms with Crippen molar-refractivity contribution >= 4 is 16.1 Å². The average molecular weight is 462 g/mol. The van der Waals surface area contributed by atoms with E-state index in [0.29, 0.717) is 12.8 Å². The maximum atomic E-state index is 12.9. The van der Waals surface area contributed by atoms with E-state index in [1.165, 1.54) is 0 Å². The van der Waals surface area contributed by atoms with Gasteiger partial charge >= 0.3 is 12.3 Å². The number of carbonyl (C=O) groups is 1. The Hall–Kier alpha value is -2.45. The smallest absolute Gasteiger partial charge is 0.471 e. The number of hydrogen-bond acceptors (Lipinski definition) is 6. The molecule has 0 amide bonds. The number of alkyl halides is 3. The topological polar surface area (TPSA) is 99.1 Å². The highest BCUT2D eigenvalue weighted by Gasteiger charge is 2.38. The zero-order chi connectivity index (χ0) is 22.7. The molecule has 0 aromatic heterocycles. The molecule has 3 rings (SSSR count). The molecule has 0 atom stereocenters. The first-order valence-corrected chi connectivity index (χ1v) is 11.3. The molecule has 170 valence electrons. The molecule has 1 aromatic carbocycles. The van der Waals surface area contributed by atoms with Gasteiger partial charge in [0.2, 0.25) is 0 Å². The molecule has 31 heavy (non-hydrogen) atoms. The van der Waals surface area contributed by atoms with Crippen molar-refractivity contribution in [1.82, 2.24) is 0 Å². The number of ether oxygens (including phenoxy) is 3. The molecule has 0 aliphatic heterocycles. The van der Waals surface area contributed by atoms with E-state index < -0.39 is 46.2 Å². The molecule has 0 saturated heterocycles. The van der Waals surface area contributed by atoms with E-state index in [9.17, 15) is 26.4 Å². The summed E-state index contributed by atoms with van der Waals surface area (Å²) in [7, 11) is -4.33. The first-order valence-electron chi connectivity index (χ1n) is 9.69. The van der Waals surface area contributed by atoms with Gasteiger partial charge in [0, 0.05) is 5.92 Å². The van der Waals surface area contributed by atoms with Crippen molar-refractivity contribution in [1.29, 1.82) is 0 Å². The number of halogens is 3. The van der Waals surface area contributed by atoms with Gasteiger partial charge in [-0.25, -0.2) is 4.79 Å². The molecule has 0 radical (unpaired) electrons. The minimum atomic E-state index is -4.97. The van der Waals surface area contributed by atoms with Crippen molar-refractivity contribution in [2.45, 2.75) is 50.5 Å². The molecule has 0 bridgehead atoms. The maximum Gasteiger partial charge on any atom is 0.573 e. The van der Waals surface area contributed by atoms with Gasteiger partial charge in [-0.2, -0.15) is 8.42 Å². The molecule has 0 heterocycles. The molecular weight excluding hydrogens is 441 g/mol. The first kappa shape index (κ1) is 23.2. The van der Waals surface area contributed by atoms with Crippen LogP contribution in [0.5, 0.6) is 11.5 Å². The van der Waals surface area contributed by atoms with Crippen molar-refractivity contribution in [3.05, 3.63) is 23.8 Å². The van der Waals surface area contributed by atoms with Crippen LogP contribution in [0.15, 0.2) is 18.2 Å². The van der Waals surface area contributed by atoms with E-state index in [1.807, 2.05) is 0 Å². The van der Waals surface area contributed by atoms with E-state index >= 15 is 0 Å². The molecule has 2 aliphatic carbocycles. The Morgan fingerprint density at radius 3 is 2.45 bits per heavy atom. The lowest BCUT2D eigenvalue weighted by Crippen LogP contribution is -2.31. The summed E-state index contributed by atoms with van der Waals surface area (Å²) in [6.07, 6.45) is -0.355. The van der Waals surface area contributed by atoms with Crippen LogP contribution in [-0.4, -0.2) is 43.3 Å². The maximum absolute atomic E-state index is 12.9.